The summed E-state index contributed by atoms with van der Waals surface area (Å²) >= 11 is 0. The first-order valence-corrected chi connectivity index (χ1v) is 36.0. The molecule has 0 spiro atoms. The van der Waals surface area contributed by atoms with E-state index in [0.717, 1.165) is 57.8 Å². The second-order valence-corrected chi connectivity index (χ2v) is 24.9. The van der Waals surface area contributed by atoms with Crippen LogP contribution in [0, 0.1) is 0 Å². The van der Waals surface area contributed by atoms with Crippen molar-refractivity contribution in [1.29, 1.82) is 0 Å². The van der Waals surface area contributed by atoms with E-state index in [1.165, 1.54) is 327 Å². The van der Waals surface area contributed by atoms with Crippen LogP contribution in [-0.4, -0.2) is 37.2 Å². The first-order chi connectivity index (χ1) is 38.5. The molecule has 0 rings (SSSR count). The molecule has 1 atom stereocenters. The van der Waals surface area contributed by atoms with Gasteiger partial charge in [0, 0.05) is 19.3 Å². The molecule has 6 nitrogen and oxygen atoms in total. The highest BCUT2D eigenvalue weighted by atomic mass is 16.6. The molecule has 464 valence electrons. The second kappa shape index (κ2) is 67.9. The minimum atomic E-state index is -0.763. The van der Waals surface area contributed by atoms with Crippen molar-refractivity contribution in [3.63, 3.8) is 0 Å². The Morgan fingerprint density at radius 2 is 0.346 bits per heavy atom. The quantitative estimate of drug-likeness (QED) is 0.0343. The van der Waals surface area contributed by atoms with Gasteiger partial charge >= 0.3 is 17.9 Å². The fourth-order valence-corrected chi connectivity index (χ4v) is 11.5. The maximum atomic E-state index is 12.9. The smallest absolute Gasteiger partial charge is 0.306 e. The highest BCUT2D eigenvalue weighted by Crippen LogP contribution is 2.20. The molecule has 0 aromatic carbocycles. The van der Waals surface area contributed by atoms with Gasteiger partial charge < -0.3 is 14.2 Å². The van der Waals surface area contributed by atoms with Crippen LogP contribution in [0.4, 0.5) is 0 Å². The van der Waals surface area contributed by atoms with E-state index in [1.807, 2.05) is 0 Å². The van der Waals surface area contributed by atoms with Crippen molar-refractivity contribution in [2.45, 2.75) is 431 Å². The molecule has 0 aliphatic rings. The van der Waals surface area contributed by atoms with E-state index in [2.05, 4.69) is 20.8 Å². The van der Waals surface area contributed by atoms with E-state index >= 15 is 0 Å². The lowest BCUT2D eigenvalue weighted by Gasteiger charge is -2.18. The summed E-state index contributed by atoms with van der Waals surface area (Å²) in [5.74, 6) is -0.821. The molecule has 0 saturated heterocycles. The van der Waals surface area contributed by atoms with Gasteiger partial charge in [0.05, 0.1) is 0 Å². The zero-order valence-corrected chi connectivity index (χ0v) is 53.5. The SMILES string of the molecule is CCCCCCCCCCCCCCCCCCCCCCCCCCCCCCC(=O)OCC(COC(=O)CCCCCCCCCCCCCC)OC(=O)CCCCCCCCCCCCCCCCCCCCCC. The van der Waals surface area contributed by atoms with Crippen LogP contribution in [0.3, 0.4) is 0 Å². The Labute approximate surface area is 488 Å². The number of hydrogen-bond donors (Lipinski definition) is 0. The Morgan fingerprint density at radius 3 is 0.513 bits per heavy atom. The summed E-state index contributed by atoms with van der Waals surface area (Å²) in [5, 5.41) is 0. The predicted octanol–water partition coefficient (Wildman–Crippen LogP) is 24.6. The molecule has 0 aliphatic carbocycles. The fourth-order valence-electron chi connectivity index (χ4n) is 11.5. The van der Waals surface area contributed by atoms with Crippen molar-refractivity contribution in [2.75, 3.05) is 13.2 Å². The van der Waals surface area contributed by atoms with Crippen molar-refractivity contribution in [1.82, 2.24) is 0 Å². The minimum absolute atomic E-state index is 0.0603. The minimum Gasteiger partial charge on any atom is -0.462 e. The molecule has 0 fully saturated rings. The maximum Gasteiger partial charge on any atom is 0.306 e. The van der Waals surface area contributed by atoms with Gasteiger partial charge in [0.2, 0.25) is 0 Å². The van der Waals surface area contributed by atoms with Gasteiger partial charge in [0.15, 0.2) is 6.10 Å². The van der Waals surface area contributed by atoms with Crippen LogP contribution in [0.15, 0.2) is 0 Å². The van der Waals surface area contributed by atoms with Crippen LogP contribution in [-0.2, 0) is 28.6 Å². The Morgan fingerprint density at radius 1 is 0.205 bits per heavy atom. The van der Waals surface area contributed by atoms with Gasteiger partial charge in [-0.05, 0) is 19.3 Å². The third-order valence-corrected chi connectivity index (χ3v) is 16.9. The molecule has 0 heterocycles. The predicted molar refractivity (Wildman–Crippen MR) is 340 cm³/mol. The van der Waals surface area contributed by atoms with E-state index in [1.54, 1.807) is 0 Å². The van der Waals surface area contributed by atoms with Crippen molar-refractivity contribution in [2.24, 2.45) is 0 Å². The lowest BCUT2D eigenvalue weighted by molar-refractivity contribution is -0.167. The van der Waals surface area contributed by atoms with Crippen LogP contribution < -0.4 is 0 Å². The number of rotatable bonds is 68. The lowest BCUT2D eigenvalue weighted by atomic mass is 10.0. The molecule has 1 unspecified atom stereocenters. The number of esters is 3. The Bertz CT molecular complexity index is 1170. The third kappa shape index (κ3) is 65.2. The molecule has 0 aromatic heterocycles. The monoisotopic (exact) mass is 1100 g/mol. The lowest BCUT2D eigenvalue weighted by Crippen LogP contribution is -2.30. The molecular formula is C72H140O6. The van der Waals surface area contributed by atoms with E-state index in [0.29, 0.717) is 19.3 Å². The van der Waals surface area contributed by atoms with Crippen molar-refractivity contribution in [3.05, 3.63) is 0 Å². The maximum absolute atomic E-state index is 12.9. The van der Waals surface area contributed by atoms with Gasteiger partial charge in [-0.1, -0.05) is 387 Å². The van der Waals surface area contributed by atoms with Gasteiger partial charge in [-0.15, -0.1) is 0 Å². The Kier molecular flexibility index (Phi) is 66.5. The fraction of sp³-hybridized carbons (Fsp3) is 0.958. The van der Waals surface area contributed by atoms with Gasteiger partial charge in [0.25, 0.3) is 0 Å². The van der Waals surface area contributed by atoms with E-state index in [-0.39, 0.29) is 31.1 Å². The largest absolute Gasteiger partial charge is 0.462 e. The van der Waals surface area contributed by atoms with Crippen LogP contribution >= 0.6 is 0 Å². The molecule has 0 amide bonds. The molecule has 0 saturated carbocycles. The molecule has 0 radical (unpaired) electrons. The second-order valence-electron chi connectivity index (χ2n) is 24.9. The first-order valence-electron chi connectivity index (χ1n) is 36.0. The Hall–Kier alpha value is -1.59. The standard InChI is InChI=1S/C72H140O6/c1-4-7-10-13-16-19-22-25-27-29-31-33-34-35-36-37-38-39-40-42-43-45-47-50-53-56-59-62-65-71(74)77-68-69(67-76-70(73)64-61-58-55-52-49-24-21-18-15-12-9-6-3)78-72(75)66-63-60-57-54-51-48-46-44-41-32-30-28-26-23-20-17-14-11-8-5-2/h69H,4-68H2,1-3H3. The Balaban J connectivity index is 4.13. The molecular weight excluding hydrogens is 961 g/mol. The molecule has 0 aromatic rings. The summed E-state index contributed by atoms with van der Waals surface area (Å²) in [6.45, 7) is 6.74. The average molecular weight is 1100 g/mol. The average Bonchev–Trinajstić information content (AvgIpc) is 3.44. The van der Waals surface area contributed by atoms with E-state index in [9.17, 15) is 14.4 Å². The number of carbonyl (C=O) groups is 3. The van der Waals surface area contributed by atoms with Gasteiger partial charge in [-0.2, -0.15) is 0 Å². The van der Waals surface area contributed by atoms with Gasteiger partial charge in [0.1, 0.15) is 13.2 Å². The topological polar surface area (TPSA) is 78.9 Å². The zero-order chi connectivity index (χ0) is 56.4. The normalized spacial score (nSPS) is 11.9. The highest BCUT2D eigenvalue weighted by molar-refractivity contribution is 5.71. The van der Waals surface area contributed by atoms with Gasteiger partial charge in [-0.25, -0.2) is 0 Å². The summed E-state index contributed by atoms with van der Waals surface area (Å²) in [7, 11) is 0. The van der Waals surface area contributed by atoms with Crippen molar-refractivity contribution < 1.29 is 28.6 Å². The number of unbranched alkanes of at least 4 members (excludes halogenated alkanes) is 57. The summed E-state index contributed by atoms with van der Waals surface area (Å²) in [6.07, 6.45) is 80.0. The molecule has 0 N–H and O–H groups in total. The first kappa shape index (κ1) is 76.4. The summed E-state index contributed by atoms with van der Waals surface area (Å²) < 4.78 is 17.0. The number of ether oxygens (including phenoxy) is 3. The zero-order valence-electron chi connectivity index (χ0n) is 53.5. The number of carbonyl (C=O) groups excluding carboxylic acids is 3. The molecule has 0 aliphatic heterocycles. The van der Waals surface area contributed by atoms with Crippen LogP contribution in [0.5, 0.6) is 0 Å². The summed E-state index contributed by atoms with van der Waals surface area (Å²) in [5.41, 5.74) is 0. The summed E-state index contributed by atoms with van der Waals surface area (Å²) in [4.78, 5) is 38.4. The van der Waals surface area contributed by atoms with Crippen LogP contribution in [0.1, 0.15) is 425 Å². The molecule has 78 heavy (non-hydrogen) atoms. The van der Waals surface area contributed by atoms with E-state index < -0.39 is 6.10 Å². The highest BCUT2D eigenvalue weighted by Gasteiger charge is 2.20. The van der Waals surface area contributed by atoms with Gasteiger partial charge in [-0.3, -0.25) is 14.4 Å². The van der Waals surface area contributed by atoms with E-state index in [4.69, 9.17) is 14.2 Å². The van der Waals surface area contributed by atoms with Crippen LogP contribution in [0.2, 0.25) is 0 Å². The van der Waals surface area contributed by atoms with Crippen LogP contribution in [0.25, 0.3) is 0 Å². The number of hydrogen-bond acceptors (Lipinski definition) is 6. The van der Waals surface area contributed by atoms with Crippen molar-refractivity contribution >= 4 is 17.9 Å². The van der Waals surface area contributed by atoms with Crippen molar-refractivity contribution in [3.8, 4) is 0 Å². The molecule has 0 bridgehead atoms. The summed E-state index contributed by atoms with van der Waals surface area (Å²) in [6, 6.07) is 0. The molecule has 6 heteroatoms. The third-order valence-electron chi connectivity index (χ3n) is 16.9.